The third-order valence-electron chi connectivity index (χ3n) is 3.62. The molecule has 17 heavy (non-hydrogen) atoms. The molecule has 0 aliphatic heterocycles. The molecule has 0 radical (unpaired) electrons. The van der Waals surface area contributed by atoms with Crippen molar-refractivity contribution >= 4 is 14.4 Å². The van der Waals surface area contributed by atoms with E-state index in [0.717, 1.165) is 5.56 Å². The quantitative estimate of drug-likeness (QED) is 0.692. The zero-order valence-corrected chi connectivity index (χ0v) is 12.7. The third kappa shape index (κ3) is 3.82. The highest BCUT2D eigenvalue weighted by Gasteiger charge is 2.36. The summed E-state index contributed by atoms with van der Waals surface area (Å²) >= 11 is 0. The number of hydrogen-bond donors (Lipinski definition) is 0. The molecule has 1 aromatic rings. The van der Waals surface area contributed by atoms with Crippen molar-refractivity contribution < 1.29 is 4.43 Å². The maximum atomic E-state index is 6.17. The topological polar surface area (TPSA) is 9.23 Å². The summed E-state index contributed by atoms with van der Waals surface area (Å²) in [6.45, 7) is 15.8. The molecule has 0 aromatic heterocycles. The highest BCUT2D eigenvalue weighted by atomic mass is 28.4. The normalized spacial score (nSPS) is 12.5. The Kier molecular flexibility index (Phi) is 4.34. The number of benzene rings is 1. The van der Waals surface area contributed by atoms with Gasteiger partial charge in [0.05, 0.1) is 6.61 Å². The van der Waals surface area contributed by atoms with Crippen LogP contribution in [0.4, 0.5) is 0 Å². The smallest absolute Gasteiger partial charge is 0.192 e. The highest BCUT2D eigenvalue weighted by Crippen LogP contribution is 2.37. The Morgan fingerprint density at radius 1 is 1.18 bits per heavy atom. The lowest BCUT2D eigenvalue weighted by atomic mass is 10.1. The first kappa shape index (κ1) is 14.2. The highest BCUT2D eigenvalue weighted by molar-refractivity contribution is 6.74. The second-order valence-corrected chi connectivity index (χ2v) is 10.8. The first-order valence-corrected chi connectivity index (χ1v) is 9.02. The summed E-state index contributed by atoms with van der Waals surface area (Å²) in [5.74, 6) is 0. The van der Waals surface area contributed by atoms with Crippen LogP contribution in [0.5, 0.6) is 0 Å². The van der Waals surface area contributed by atoms with Crippen LogP contribution in [0.15, 0.2) is 30.8 Å². The Balaban J connectivity index is 2.64. The summed E-state index contributed by atoms with van der Waals surface area (Å²) in [5, 5.41) is 0.272. The van der Waals surface area contributed by atoms with Gasteiger partial charge < -0.3 is 4.43 Å². The Labute approximate surface area is 107 Å². The Morgan fingerprint density at radius 2 is 1.71 bits per heavy atom. The van der Waals surface area contributed by atoms with Gasteiger partial charge in [-0.3, -0.25) is 0 Å². The molecule has 0 fully saturated rings. The first-order chi connectivity index (χ1) is 7.76. The lowest BCUT2D eigenvalue weighted by molar-refractivity contribution is 0.276. The van der Waals surface area contributed by atoms with E-state index in [1.54, 1.807) is 0 Å². The van der Waals surface area contributed by atoms with Gasteiger partial charge in [0.2, 0.25) is 0 Å². The van der Waals surface area contributed by atoms with Crippen LogP contribution in [-0.2, 0) is 11.0 Å². The molecule has 0 aliphatic rings. The Hall–Kier alpha value is -0.863. The van der Waals surface area contributed by atoms with Gasteiger partial charge in [-0.25, -0.2) is 0 Å². The standard InChI is InChI=1S/C15H24OSi/c1-7-13-8-10-14(11-9-13)12-16-17(5,6)15(2,3)4/h7-11H,1,12H2,2-6H3. The van der Waals surface area contributed by atoms with Gasteiger partial charge in [-0.2, -0.15) is 0 Å². The van der Waals surface area contributed by atoms with Crippen molar-refractivity contribution in [1.29, 1.82) is 0 Å². The fourth-order valence-corrected chi connectivity index (χ4v) is 2.19. The van der Waals surface area contributed by atoms with E-state index in [9.17, 15) is 0 Å². The molecule has 2 heteroatoms. The fourth-order valence-electron chi connectivity index (χ4n) is 1.23. The van der Waals surface area contributed by atoms with Crippen molar-refractivity contribution in [2.24, 2.45) is 0 Å². The number of rotatable bonds is 4. The maximum absolute atomic E-state index is 6.17. The van der Waals surface area contributed by atoms with Gasteiger partial charge >= 0.3 is 0 Å². The van der Waals surface area contributed by atoms with Crippen molar-refractivity contribution in [3.63, 3.8) is 0 Å². The molecule has 1 nitrogen and oxygen atoms in total. The van der Waals surface area contributed by atoms with Gasteiger partial charge in [0.1, 0.15) is 0 Å². The molecule has 0 spiro atoms. The minimum atomic E-state index is -1.63. The van der Waals surface area contributed by atoms with Crippen molar-refractivity contribution in [2.75, 3.05) is 0 Å². The van der Waals surface area contributed by atoms with Gasteiger partial charge in [0, 0.05) is 0 Å². The van der Waals surface area contributed by atoms with Gasteiger partial charge in [-0.05, 0) is 29.3 Å². The van der Waals surface area contributed by atoms with Crippen LogP contribution in [0.3, 0.4) is 0 Å². The van der Waals surface area contributed by atoms with E-state index in [2.05, 4.69) is 64.7 Å². The zero-order chi connectivity index (χ0) is 13.1. The molecule has 0 saturated carbocycles. The van der Waals surface area contributed by atoms with E-state index >= 15 is 0 Å². The summed E-state index contributed by atoms with van der Waals surface area (Å²) in [7, 11) is -1.63. The molecule has 0 heterocycles. The van der Waals surface area contributed by atoms with Crippen LogP contribution in [0.25, 0.3) is 6.08 Å². The van der Waals surface area contributed by atoms with E-state index in [-0.39, 0.29) is 5.04 Å². The van der Waals surface area contributed by atoms with E-state index in [0.29, 0.717) is 6.61 Å². The molecule has 1 rings (SSSR count). The maximum Gasteiger partial charge on any atom is 0.192 e. The monoisotopic (exact) mass is 248 g/mol. The first-order valence-electron chi connectivity index (χ1n) is 6.11. The van der Waals surface area contributed by atoms with Gasteiger partial charge in [-0.15, -0.1) is 0 Å². The summed E-state index contributed by atoms with van der Waals surface area (Å²) in [4.78, 5) is 0. The molecular formula is C15H24OSi. The van der Waals surface area contributed by atoms with Gasteiger partial charge in [0.25, 0.3) is 0 Å². The molecule has 0 aliphatic carbocycles. The second kappa shape index (κ2) is 5.19. The van der Waals surface area contributed by atoms with Crippen molar-refractivity contribution in [3.05, 3.63) is 42.0 Å². The molecule has 1 aromatic carbocycles. The molecular weight excluding hydrogens is 224 g/mol. The fraction of sp³-hybridized carbons (Fsp3) is 0.467. The predicted octanol–water partition coefficient (Wildman–Crippen LogP) is 4.85. The second-order valence-electron chi connectivity index (χ2n) is 5.99. The summed E-state index contributed by atoms with van der Waals surface area (Å²) in [6, 6.07) is 8.39. The van der Waals surface area contributed by atoms with Gasteiger partial charge in [-0.1, -0.05) is 57.7 Å². The van der Waals surface area contributed by atoms with E-state index in [1.165, 1.54) is 5.56 Å². The van der Waals surface area contributed by atoms with Crippen LogP contribution >= 0.6 is 0 Å². The molecule has 0 unspecified atom stereocenters. The van der Waals surface area contributed by atoms with Crippen molar-refractivity contribution in [3.8, 4) is 0 Å². The van der Waals surface area contributed by atoms with Crippen LogP contribution in [0.1, 0.15) is 31.9 Å². The van der Waals surface area contributed by atoms with Crippen LogP contribution in [0, 0.1) is 0 Å². The third-order valence-corrected chi connectivity index (χ3v) is 8.10. The molecule has 0 atom stereocenters. The zero-order valence-electron chi connectivity index (χ0n) is 11.7. The van der Waals surface area contributed by atoms with Crippen molar-refractivity contribution in [2.45, 2.75) is 45.5 Å². The molecule has 0 saturated heterocycles. The predicted molar refractivity (Wildman–Crippen MR) is 78.5 cm³/mol. The minimum absolute atomic E-state index is 0.272. The average molecular weight is 248 g/mol. The molecule has 94 valence electrons. The summed E-state index contributed by atoms with van der Waals surface area (Å²) < 4.78 is 6.17. The van der Waals surface area contributed by atoms with Gasteiger partial charge in [0.15, 0.2) is 8.32 Å². The van der Waals surface area contributed by atoms with Crippen LogP contribution in [-0.4, -0.2) is 8.32 Å². The lowest BCUT2D eigenvalue weighted by Crippen LogP contribution is -2.40. The van der Waals surface area contributed by atoms with E-state index in [1.807, 2.05) is 6.08 Å². The number of hydrogen-bond acceptors (Lipinski definition) is 1. The summed E-state index contributed by atoms with van der Waals surface area (Å²) in [5.41, 5.74) is 2.39. The average Bonchev–Trinajstić information content (AvgIpc) is 2.25. The van der Waals surface area contributed by atoms with E-state index in [4.69, 9.17) is 4.43 Å². The Morgan fingerprint density at radius 3 is 2.12 bits per heavy atom. The minimum Gasteiger partial charge on any atom is -0.413 e. The lowest BCUT2D eigenvalue weighted by Gasteiger charge is -2.36. The largest absolute Gasteiger partial charge is 0.413 e. The Bertz CT molecular complexity index is 371. The van der Waals surface area contributed by atoms with Crippen molar-refractivity contribution in [1.82, 2.24) is 0 Å². The molecule has 0 amide bonds. The van der Waals surface area contributed by atoms with E-state index < -0.39 is 8.32 Å². The van der Waals surface area contributed by atoms with Crippen LogP contribution in [0.2, 0.25) is 18.1 Å². The molecule has 0 bridgehead atoms. The summed E-state index contributed by atoms with van der Waals surface area (Å²) in [6.07, 6.45) is 1.86. The van der Waals surface area contributed by atoms with Crippen LogP contribution < -0.4 is 0 Å². The SMILES string of the molecule is C=Cc1ccc(CO[Si](C)(C)C(C)(C)C)cc1. The molecule has 0 N–H and O–H groups in total.